The van der Waals surface area contributed by atoms with Crippen LogP contribution in [0, 0.1) is 0 Å². The molecule has 32 heavy (non-hydrogen) atoms. The van der Waals surface area contributed by atoms with E-state index in [0.717, 1.165) is 0 Å². The van der Waals surface area contributed by atoms with Gasteiger partial charge in [0.2, 0.25) is 0 Å². The van der Waals surface area contributed by atoms with Crippen LogP contribution in [0.3, 0.4) is 0 Å². The quantitative estimate of drug-likeness (QED) is 0.314. The van der Waals surface area contributed by atoms with Crippen molar-refractivity contribution in [3.8, 4) is 22.8 Å². The van der Waals surface area contributed by atoms with Gasteiger partial charge in [-0.2, -0.15) is 8.78 Å². The maximum atomic E-state index is 12.5. The van der Waals surface area contributed by atoms with E-state index in [2.05, 4.69) is 15.0 Å². The summed E-state index contributed by atoms with van der Waals surface area (Å²) in [6.45, 7) is -2.77. The van der Waals surface area contributed by atoms with Gasteiger partial charge in [0.05, 0.1) is 10.7 Å². The number of carbonyl (C=O) groups is 1. The fourth-order valence-corrected chi connectivity index (χ4v) is 3.62. The molecule has 0 radical (unpaired) electrons. The highest BCUT2D eigenvalue weighted by Crippen LogP contribution is 2.28. The van der Waals surface area contributed by atoms with Crippen molar-refractivity contribution in [1.29, 1.82) is 0 Å². The van der Waals surface area contributed by atoms with Gasteiger partial charge in [-0.1, -0.05) is 23.7 Å². The number of thiazole rings is 1. The zero-order chi connectivity index (χ0) is 22.5. The number of hydrogen-bond donors (Lipinski definition) is 1. The summed E-state index contributed by atoms with van der Waals surface area (Å²) in [5.74, 6) is 0.671. The number of carbonyl (C=O) groups excluding carboxylic acids is 1. The first-order valence-corrected chi connectivity index (χ1v) is 10.5. The molecule has 1 N–H and O–H groups in total. The number of aromatic nitrogens is 1. The molecule has 6 nitrogen and oxygen atoms in total. The molecule has 0 aliphatic heterocycles. The van der Waals surface area contributed by atoms with E-state index in [1.165, 1.54) is 29.5 Å². The monoisotopic (exact) mass is 476 g/mol. The maximum Gasteiger partial charge on any atom is 0.387 e. The number of para-hydroxylation sites is 1. The summed E-state index contributed by atoms with van der Waals surface area (Å²) in [4.78, 5) is 16.8. The van der Waals surface area contributed by atoms with Crippen molar-refractivity contribution in [2.24, 2.45) is 0 Å². The van der Waals surface area contributed by atoms with Crippen LogP contribution < -0.4 is 14.8 Å². The molecule has 2 aromatic carbocycles. The molecule has 0 spiro atoms. The number of nitrogens with one attached hydrogen (secondary N) is 1. The lowest BCUT2D eigenvalue weighted by molar-refractivity contribution is -0.0498. The van der Waals surface area contributed by atoms with E-state index in [0.29, 0.717) is 32.9 Å². The predicted molar refractivity (Wildman–Crippen MR) is 117 cm³/mol. The second-order valence-electron chi connectivity index (χ2n) is 6.38. The van der Waals surface area contributed by atoms with Gasteiger partial charge in [0.25, 0.3) is 5.91 Å². The highest BCUT2D eigenvalue weighted by atomic mass is 35.5. The van der Waals surface area contributed by atoms with Crippen LogP contribution in [0.1, 0.15) is 16.3 Å². The van der Waals surface area contributed by atoms with Crippen molar-refractivity contribution in [1.82, 2.24) is 4.98 Å². The first-order valence-electron chi connectivity index (χ1n) is 9.26. The van der Waals surface area contributed by atoms with Gasteiger partial charge in [-0.15, -0.1) is 11.3 Å². The number of amides is 1. The molecular weight excluding hydrogens is 462 g/mol. The average Bonchev–Trinajstić information content (AvgIpc) is 3.43. The van der Waals surface area contributed by atoms with Crippen molar-refractivity contribution in [2.75, 3.05) is 5.32 Å². The van der Waals surface area contributed by atoms with E-state index >= 15 is 0 Å². The van der Waals surface area contributed by atoms with Crippen LogP contribution in [0.15, 0.2) is 70.5 Å². The van der Waals surface area contributed by atoms with E-state index in [1.54, 1.807) is 47.8 Å². The Morgan fingerprint density at radius 2 is 1.91 bits per heavy atom. The molecule has 0 saturated carbocycles. The van der Waals surface area contributed by atoms with Crippen LogP contribution in [-0.4, -0.2) is 17.5 Å². The van der Waals surface area contributed by atoms with Gasteiger partial charge in [0, 0.05) is 10.9 Å². The Kier molecular flexibility index (Phi) is 6.67. The molecule has 0 fully saturated rings. The lowest BCUT2D eigenvalue weighted by Crippen LogP contribution is -2.10. The molecule has 0 atom stereocenters. The van der Waals surface area contributed by atoms with Crippen LogP contribution >= 0.6 is 22.9 Å². The summed E-state index contributed by atoms with van der Waals surface area (Å²) in [6.07, 6.45) is 0. The van der Waals surface area contributed by atoms with Gasteiger partial charge in [-0.3, -0.25) is 10.1 Å². The number of furan rings is 1. The third-order valence-corrected chi connectivity index (χ3v) is 5.26. The number of nitrogens with zero attached hydrogens (tertiary/aromatic N) is 1. The van der Waals surface area contributed by atoms with Crippen molar-refractivity contribution in [3.63, 3.8) is 0 Å². The Morgan fingerprint density at radius 3 is 2.66 bits per heavy atom. The number of alkyl halides is 2. The summed E-state index contributed by atoms with van der Waals surface area (Å²) >= 11 is 7.27. The molecule has 0 unspecified atom stereocenters. The van der Waals surface area contributed by atoms with Crippen molar-refractivity contribution in [3.05, 3.63) is 82.6 Å². The molecule has 2 heterocycles. The number of ether oxygens (including phenoxy) is 2. The van der Waals surface area contributed by atoms with Gasteiger partial charge >= 0.3 is 6.61 Å². The Morgan fingerprint density at radius 1 is 1.12 bits per heavy atom. The topological polar surface area (TPSA) is 73.6 Å². The molecule has 1 amide bonds. The van der Waals surface area contributed by atoms with Gasteiger partial charge < -0.3 is 13.9 Å². The van der Waals surface area contributed by atoms with Crippen LogP contribution in [0.2, 0.25) is 5.02 Å². The maximum absolute atomic E-state index is 12.5. The largest absolute Gasteiger partial charge is 0.484 e. The number of anilines is 1. The minimum Gasteiger partial charge on any atom is -0.484 e. The minimum atomic E-state index is -2.88. The molecule has 2 aromatic heterocycles. The third-order valence-electron chi connectivity index (χ3n) is 4.19. The summed E-state index contributed by atoms with van der Waals surface area (Å²) in [7, 11) is 0. The molecule has 4 rings (SSSR count). The van der Waals surface area contributed by atoms with Crippen LogP contribution in [-0.2, 0) is 6.61 Å². The molecule has 0 aliphatic rings. The molecule has 0 saturated heterocycles. The predicted octanol–water partition coefficient (Wildman–Crippen LogP) is 6.49. The van der Waals surface area contributed by atoms with E-state index in [-0.39, 0.29) is 18.1 Å². The number of benzene rings is 2. The van der Waals surface area contributed by atoms with Crippen molar-refractivity contribution in [2.45, 2.75) is 13.2 Å². The summed E-state index contributed by atoms with van der Waals surface area (Å²) < 4.78 is 40.0. The highest BCUT2D eigenvalue weighted by molar-refractivity contribution is 7.14. The van der Waals surface area contributed by atoms with Crippen LogP contribution in [0.25, 0.3) is 11.3 Å². The van der Waals surface area contributed by atoms with E-state index in [1.807, 2.05) is 0 Å². The minimum absolute atomic E-state index is 0.0552. The summed E-state index contributed by atoms with van der Waals surface area (Å²) in [5, 5.41) is 5.25. The zero-order valence-electron chi connectivity index (χ0n) is 16.3. The van der Waals surface area contributed by atoms with E-state index in [9.17, 15) is 13.6 Å². The van der Waals surface area contributed by atoms with Gasteiger partial charge in [0.1, 0.15) is 23.9 Å². The lowest BCUT2D eigenvalue weighted by atomic mass is 10.2. The first-order chi connectivity index (χ1) is 15.5. The zero-order valence-corrected chi connectivity index (χ0v) is 17.8. The van der Waals surface area contributed by atoms with Gasteiger partial charge in [0.15, 0.2) is 10.9 Å². The normalized spacial score (nSPS) is 10.9. The van der Waals surface area contributed by atoms with Crippen LogP contribution in [0.4, 0.5) is 13.9 Å². The van der Waals surface area contributed by atoms with Gasteiger partial charge in [-0.05, 0) is 48.5 Å². The second-order valence-corrected chi connectivity index (χ2v) is 7.65. The number of rotatable bonds is 8. The fraction of sp³-hybridized carbons (Fsp3) is 0.0909. The highest BCUT2D eigenvalue weighted by Gasteiger charge is 2.15. The molecule has 164 valence electrons. The lowest BCUT2D eigenvalue weighted by Gasteiger charge is -2.05. The van der Waals surface area contributed by atoms with Gasteiger partial charge in [-0.25, -0.2) is 4.98 Å². The number of halogens is 3. The Hall–Kier alpha value is -3.43. The fourth-order valence-electron chi connectivity index (χ4n) is 2.72. The third kappa shape index (κ3) is 5.43. The van der Waals surface area contributed by atoms with E-state index in [4.69, 9.17) is 20.8 Å². The summed E-state index contributed by atoms with van der Waals surface area (Å²) in [6, 6.07) is 16.3. The Balaban J connectivity index is 1.35. The molecule has 0 aliphatic carbocycles. The Bertz CT molecular complexity index is 1210. The SMILES string of the molecule is O=C(Nc1nc(-c2ccc(OC(F)F)cc2)cs1)c1ccc(COc2ccccc2Cl)o1. The molecule has 0 bridgehead atoms. The molecular formula is C22H15ClF2N2O4S. The molecule has 10 heteroatoms. The summed E-state index contributed by atoms with van der Waals surface area (Å²) in [5.41, 5.74) is 1.28. The average molecular weight is 477 g/mol. The van der Waals surface area contributed by atoms with E-state index < -0.39 is 12.5 Å². The van der Waals surface area contributed by atoms with Crippen molar-refractivity contribution >= 4 is 34.0 Å². The second kappa shape index (κ2) is 9.80. The van der Waals surface area contributed by atoms with Crippen LogP contribution in [0.5, 0.6) is 11.5 Å². The first kappa shape index (κ1) is 21.8. The number of hydrogen-bond acceptors (Lipinski definition) is 6. The smallest absolute Gasteiger partial charge is 0.387 e. The standard InChI is InChI=1S/C22H15ClF2N2O4S/c23-16-3-1-2-4-18(16)29-11-15-9-10-19(30-15)20(28)27-22-26-17(12-32-22)13-5-7-14(8-6-13)31-21(24)25/h1-10,12,21H,11H2,(H,26,27,28). The van der Waals surface area contributed by atoms with Crippen molar-refractivity contribution < 1.29 is 27.5 Å². The Labute approximate surface area is 190 Å². The molecule has 4 aromatic rings.